The van der Waals surface area contributed by atoms with Gasteiger partial charge in [-0.15, -0.1) is 0 Å². The molecule has 1 aromatic rings. The first-order chi connectivity index (χ1) is 8.39. The summed E-state index contributed by atoms with van der Waals surface area (Å²) in [5.41, 5.74) is 0. The molecule has 1 fully saturated rings. The van der Waals surface area contributed by atoms with Gasteiger partial charge in [-0.1, -0.05) is 0 Å². The maximum absolute atomic E-state index is 12.1. The zero-order chi connectivity index (χ0) is 13.3. The average molecular weight is 292 g/mol. The van der Waals surface area contributed by atoms with E-state index >= 15 is 0 Å². The van der Waals surface area contributed by atoms with E-state index in [1.165, 1.54) is 23.7 Å². The number of sulfonamides is 1. The first-order valence-electron chi connectivity index (χ1n) is 5.51. The van der Waals surface area contributed by atoms with Crippen LogP contribution >= 0.6 is 11.6 Å². The highest BCUT2D eigenvalue weighted by molar-refractivity contribution is 7.89. The fraction of sp³-hybridized carbons (Fsp3) is 0.600. The zero-order valence-electron chi connectivity index (χ0n) is 9.82. The second-order valence-corrected chi connectivity index (χ2v) is 6.85. The molecule has 0 amide bonds. The van der Waals surface area contributed by atoms with Crippen molar-refractivity contribution in [3.05, 3.63) is 17.7 Å². The van der Waals surface area contributed by atoms with Crippen molar-refractivity contribution in [2.75, 3.05) is 13.6 Å². The Bertz CT molecular complexity index is 514. The summed E-state index contributed by atoms with van der Waals surface area (Å²) in [4.78, 5) is 7.35. The quantitative estimate of drug-likeness (QED) is 0.818. The molecule has 18 heavy (non-hydrogen) atoms. The minimum absolute atomic E-state index is 0.0127. The molecule has 0 radical (unpaired) electrons. The van der Waals surface area contributed by atoms with Crippen LogP contribution in [-0.4, -0.2) is 47.5 Å². The van der Waals surface area contributed by atoms with Crippen LogP contribution in [0.25, 0.3) is 0 Å². The topological polar surface area (TPSA) is 83.4 Å². The minimum atomic E-state index is -3.58. The highest BCUT2D eigenvalue weighted by Gasteiger charge is 2.31. The molecule has 0 spiro atoms. The second-order valence-electron chi connectivity index (χ2n) is 4.46. The maximum Gasteiger partial charge on any atom is 0.245 e. The molecular formula is C10H14ClN3O3S. The van der Waals surface area contributed by atoms with Crippen LogP contribution in [-0.2, 0) is 10.0 Å². The molecule has 0 aliphatic heterocycles. The largest absolute Gasteiger partial charge is 0.393 e. The van der Waals surface area contributed by atoms with E-state index in [-0.39, 0.29) is 22.2 Å². The van der Waals surface area contributed by atoms with Gasteiger partial charge in [0.25, 0.3) is 0 Å². The Morgan fingerprint density at radius 2 is 2.00 bits per heavy atom. The van der Waals surface area contributed by atoms with Crippen molar-refractivity contribution in [2.24, 2.45) is 5.92 Å². The second kappa shape index (κ2) is 5.08. The smallest absolute Gasteiger partial charge is 0.245 e. The predicted molar refractivity (Wildman–Crippen MR) is 65.6 cm³/mol. The van der Waals surface area contributed by atoms with Gasteiger partial charge in [-0.2, -0.15) is 0 Å². The number of aliphatic hydroxyl groups excluding tert-OH is 1. The molecule has 6 nitrogen and oxygen atoms in total. The average Bonchev–Trinajstić information content (AvgIpc) is 2.27. The molecule has 0 unspecified atom stereocenters. The molecule has 2 rings (SSSR count). The number of nitrogens with zero attached hydrogens (tertiary/aromatic N) is 3. The van der Waals surface area contributed by atoms with Crippen LogP contribution < -0.4 is 0 Å². The van der Waals surface area contributed by atoms with Crippen LogP contribution in [0.15, 0.2) is 17.3 Å². The van der Waals surface area contributed by atoms with Crippen molar-refractivity contribution in [3.63, 3.8) is 0 Å². The van der Waals surface area contributed by atoms with E-state index in [1.807, 2.05) is 0 Å². The van der Waals surface area contributed by atoms with Gasteiger partial charge in [-0.3, -0.25) is 0 Å². The number of aliphatic hydroxyl groups is 1. The molecule has 1 aromatic heterocycles. The van der Waals surface area contributed by atoms with Gasteiger partial charge < -0.3 is 5.11 Å². The highest BCUT2D eigenvalue weighted by Crippen LogP contribution is 2.29. The standard InChI is InChI=1S/C10H14ClN3O3S/c1-14(6-7-2-8(15)3-7)18(16,17)9-4-12-10(11)13-5-9/h4-5,7-8,15H,2-3,6H2,1H3. The van der Waals surface area contributed by atoms with Crippen molar-refractivity contribution >= 4 is 21.6 Å². The minimum Gasteiger partial charge on any atom is -0.393 e. The van der Waals surface area contributed by atoms with E-state index in [1.54, 1.807) is 0 Å². The molecule has 0 saturated heterocycles. The van der Waals surface area contributed by atoms with E-state index in [4.69, 9.17) is 11.6 Å². The summed E-state index contributed by atoms with van der Waals surface area (Å²) in [7, 11) is -2.07. The number of hydrogen-bond acceptors (Lipinski definition) is 5. The Morgan fingerprint density at radius 1 is 1.44 bits per heavy atom. The number of aromatic nitrogens is 2. The third-order valence-electron chi connectivity index (χ3n) is 3.03. The van der Waals surface area contributed by atoms with Gasteiger partial charge in [0.1, 0.15) is 4.90 Å². The van der Waals surface area contributed by atoms with Gasteiger partial charge in [0.15, 0.2) is 0 Å². The fourth-order valence-corrected chi connectivity index (χ4v) is 3.16. The van der Waals surface area contributed by atoms with Crippen LogP contribution in [0.5, 0.6) is 0 Å². The van der Waals surface area contributed by atoms with E-state index in [9.17, 15) is 13.5 Å². The Balaban J connectivity index is 2.08. The molecule has 0 atom stereocenters. The Hall–Kier alpha value is -0.760. The van der Waals surface area contributed by atoms with Crippen LogP contribution in [0, 0.1) is 5.92 Å². The maximum atomic E-state index is 12.1. The van der Waals surface area contributed by atoms with Crippen LogP contribution in [0.3, 0.4) is 0 Å². The molecular weight excluding hydrogens is 278 g/mol. The van der Waals surface area contributed by atoms with Gasteiger partial charge in [0.05, 0.1) is 18.5 Å². The molecule has 1 saturated carbocycles. The van der Waals surface area contributed by atoms with Crippen LogP contribution in [0.2, 0.25) is 5.28 Å². The third kappa shape index (κ3) is 2.80. The summed E-state index contributed by atoms with van der Waals surface area (Å²) in [5, 5.41) is 9.19. The lowest BCUT2D eigenvalue weighted by atomic mass is 9.82. The number of hydrogen-bond donors (Lipinski definition) is 1. The zero-order valence-corrected chi connectivity index (χ0v) is 11.4. The number of halogens is 1. The molecule has 0 bridgehead atoms. The predicted octanol–water partition coefficient (Wildman–Crippen LogP) is 0.521. The van der Waals surface area contributed by atoms with Crippen molar-refractivity contribution < 1.29 is 13.5 Å². The summed E-state index contributed by atoms with van der Waals surface area (Å²) in [6, 6.07) is 0. The van der Waals surface area contributed by atoms with E-state index in [0.717, 1.165) is 0 Å². The van der Waals surface area contributed by atoms with Gasteiger partial charge in [-0.25, -0.2) is 22.7 Å². The van der Waals surface area contributed by atoms with Gasteiger partial charge in [0.2, 0.25) is 15.3 Å². The van der Waals surface area contributed by atoms with Gasteiger partial charge >= 0.3 is 0 Å². The molecule has 1 aliphatic rings. The SMILES string of the molecule is CN(CC1CC(O)C1)S(=O)(=O)c1cnc(Cl)nc1. The Morgan fingerprint density at radius 3 is 2.50 bits per heavy atom. The monoisotopic (exact) mass is 291 g/mol. The van der Waals surface area contributed by atoms with Crippen molar-refractivity contribution in [1.82, 2.24) is 14.3 Å². The Labute approximate surface area is 111 Å². The van der Waals surface area contributed by atoms with E-state index in [0.29, 0.717) is 19.4 Å². The van der Waals surface area contributed by atoms with Gasteiger partial charge in [-0.05, 0) is 30.4 Å². The lowest BCUT2D eigenvalue weighted by Crippen LogP contribution is -2.39. The lowest BCUT2D eigenvalue weighted by molar-refractivity contribution is 0.0367. The molecule has 1 N–H and O–H groups in total. The normalized spacial score (nSPS) is 24.0. The summed E-state index contributed by atoms with van der Waals surface area (Å²) < 4.78 is 25.5. The summed E-state index contributed by atoms with van der Waals surface area (Å²) >= 11 is 5.51. The van der Waals surface area contributed by atoms with Crippen molar-refractivity contribution in [2.45, 2.75) is 23.8 Å². The molecule has 100 valence electrons. The number of rotatable bonds is 4. The Kier molecular flexibility index (Phi) is 3.86. The summed E-state index contributed by atoms with van der Waals surface area (Å²) in [6.45, 7) is 0.391. The summed E-state index contributed by atoms with van der Waals surface area (Å²) in [6.07, 6.45) is 3.40. The fourth-order valence-electron chi connectivity index (χ4n) is 1.92. The highest BCUT2D eigenvalue weighted by atomic mass is 35.5. The first-order valence-corrected chi connectivity index (χ1v) is 7.33. The van der Waals surface area contributed by atoms with Crippen LogP contribution in [0.4, 0.5) is 0 Å². The van der Waals surface area contributed by atoms with Crippen molar-refractivity contribution in [3.8, 4) is 0 Å². The van der Waals surface area contributed by atoms with Crippen molar-refractivity contribution in [1.29, 1.82) is 0 Å². The lowest BCUT2D eigenvalue weighted by Gasteiger charge is -2.33. The molecule has 1 heterocycles. The first kappa shape index (κ1) is 13.7. The van der Waals surface area contributed by atoms with E-state index in [2.05, 4.69) is 9.97 Å². The molecule has 1 aliphatic carbocycles. The molecule has 8 heteroatoms. The van der Waals surface area contributed by atoms with Crippen LogP contribution in [0.1, 0.15) is 12.8 Å². The molecule has 0 aromatic carbocycles. The third-order valence-corrected chi connectivity index (χ3v) is 5.00. The van der Waals surface area contributed by atoms with Gasteiger partial charge in [0, 0.05) is 13.6 Å². The van der Waals surface area contributed by atoms with E-state index < -0.39 is 10.0 Å². The summed E-state index contributed by atoms with van der Waals surface area (Å²) in [5.74, 6) is 0.216.